The molecule has 29 heavy (non-hydrogen) atoms. The van der Waals surface area contributed by atoms with Crippen LogP contribution in [-0.2, 0) is 6.54 Å². The van der Waals surface area contributed by atoms with Gasteiger partial charge in [-0.05, 0) is 47.5 Å². The second-order valence-corrected chi connectivity index (χ2v) is 6.84. The lowest BCUT2D eigenvalue weighted by molar-refractivity contribution is 0.0784. The molecule has 0 saturated carbocycles. The summed E-state index contributed by atoms with van der Waals surface area (Å²) in [6, 6.07) is 18.1. The summed E-state index contributed by atoms with van der Waals surface area (Å²) in [6.45, 7) is 3.10. The Labute approximate surface area is 170 Å². The van der Waals surface area contributed by atoms with Crippen LogP contribution in [0.25, 0.3) is 10.8 Å². The average molecular weight is 391 g/mol. The van der Waals surface area contributed by atoms with E-state index < -0.39 is 6.03 Å². The van der Waals surface area contributed by atoms with Gasteiger partial charge in [-0.3, -0.25) is 4.79 Å². The van der Waals surface area contributed by atoms with E-state index in [0.717, 1.165) is 28.5 Å². The molecule has 0 atom stereocenters. The third-order valence-corrected chi connectivity index (χ3v) is 4.60. The Morgan fingerprint density at radius 1 is 1.03 bits per heavy atom. The maximum atomic E-state index is 12.9. The lowest BCUT2D eigenvalue weighted by atomic mass is 10.0. The molecule has 0 aliphatic rings. The van der Waals surface area contributed by atoms with Crippen molar-refractivity contribution in [2.75, 3.05) is 19.0 Å². The summed E-state index contributed by atoms with van der Waals surface area (Å²) >= 11 is 0. The molecule has 0 heterocycles. The van der Waals surface area contributed by atoms with Crippen LogP contribution in [0.3, 0.4) is 0 Å². The highest BCUT2D eigenvalue weighted by atomic mass is 16.5. The number of hydrogen-bond donors (Lipinski definition) is 2. The number of urea groups is 1. The minimum atomic E-state index is -0.642. The summed E-state index contributed by atoms with van der Waals surface area (Å²) in [6.07, 6.45) is 0.909. The normalized spacial score (nSPS) is 10.6. The summed E-state index contributed by atoms with van der Waals surface area (Å²) in [7, 11) is 1.77. The molecule has 0 bridgehead atoms. The number of benzene rings is 3. The highest BCUT2D eigenvalue weighted by Crippen LogP contribution is 2.29. The summed E-state index contributed by atoms with van der Waals surface area (Å²) in [5, 5.41) is 4.66. The van der Waals surface area contributed by atoms with E-state index in [1.807, 2.05) is 30.3 Å². The zero-order valence-corrected chi connectivity index (χ0v) is 16.6. The smallest absolute Gasteiger partial charge is 0.316 e. The van der Waals surface area contributed by atoms with Gasteiger partial charge < -0.3 is 20.7 Å². The highest BCUT2D eigenvalue weighted by molar-refractivity contribution is 5.96. The number of nitrogens with zero attached hydrogens (tertiary/aromatic N) is 1. The lowest BCUT2D eigenvalue weighted by Gasteiger charge is -2.21. The van der Waals surface area contributed by atoms with Crippen molar-refractivity contribution in [3.63, 3.8) is 0 Å². The maximum Gasteiger partial charge on any atom is 0.316 e. The summed E-state index contributed by atoms with van der Waals surface area (Å²) < 4.78 is 5.94. The number of fused-ring (bicyclic) bond motifs is 1. The number of rotatable bonds is 7. The Bertz CT molecular complexity index is 1020. The standard InChI is InChI=1S/C23H25N3O3/c1-3-14-29-21-13-10-16-6-4-5-7-19(16)20(21)15-26(2)22(27)17-8-11-18(12-9-17)25-23(24)28/h4-13H,3,14-15H2,1-2H3,(H3,24,25,28). The van der Waals surface area contributed by atoms with Crippen LogP contribution in [0.15, 0.2) is 60.7 Å². The van der Waals surface area contributed by atoms with Crippen molar-refractivity contribution < 1.29 is 14.3 Å². The Morgan fingerprint density at radius 2 is 1.76 bits per heavy atom. The lowest BCUT2D eigenvalue weighted by Crippen LogP contribution is -2.26. The Balaban J connectivity index is 1.85. The molecule has 0 aliphatic heterocycles. The van der Waals surface area contributed by atoms with E-state index in [-0.39, 0.29) is 5.91 Å². The maximum absolute atomic E-state index is 12.9. The summed E-state index contributed by atoms with van der Waals surface area (Å²) in [5.41, 5.74) is 7.17. The molecule has 0 aromatic heterocycles. The third kappa shape index (κ3) is 4.85. The Hall–Kier alpha value is -3.54. The van der Waals surface area contributed by atoms with Crippen LogP contribution in [0.1, 0.15) is 29.3 Å². The van der Waals surface area contributed by atoms with Crippen molar-refractivity contribution in [2.24, 2.45) is 5.73 Å². The fourth-order valence-electron chi connectivity index (χ4n) is 3.19. The highest BCUT2D eigenvalue weighted by Gasteiger charge is 2.16. The molecule has 3 aromatic carbocycles. The van der Waals surface area contributed by atoms with Crippen LogP contribution in [0.5, 0.6) is 5.75 Å². The van der Waals surface area contributed by atoms with Gasteiger partial charge in [0.25, 0.3) is 5.91 Å². The number of hydrogen-bond acceptors (Lipinski definition) is 3. The van der Waals surface area contributed by atoms with Gasteiger partial charge in [0.15, 0.2) is 0 Å². The molecular formula is C23H25N3O3. The van der Waals surface area contributed by atoms with Crippen LogP contribution >= 0.6 is 0 Å². The van der Waals surface area contributed by atoms with Gasteiger partial charge in [0.05, 0.1) is 6.61 Å². The summed E-state index contributed by atoms with van der Waals surface area (Å²) in [5.74, 6) is 0.677. The predicted molar refractivity (Wildman–Crippen MR) is 115 cm³/mol. The fraction of sp³-hybridized carbons (Fsp3) is 0.217. The van der Waals surface area contributed by atoms with Crippen LogP contribution < -0.4 is 15.8 Å². The van der Waals surface area contributed by atoms with E-state index in [1.54, 1.807) is 36.2 Å². The molecule has 6 heteroatoms. The van der Waals surface area contributed by atoms with Crippen molar-refractivity contribution in [2.45, 2.75) is 19.9 Å². The zero-order chi connectivity index (χ0) is 20.8. The van der Waals surface area contributed by atoms with Gasteiger partial charge in [-0.15, -0.1) is 0 Å². The first-order valence-electron chi connectivity index (χ1n) is 9.55. The van der Waals surface area contributed by atoms with Crippen LogP contribution in [0.4, 0.5) is 10.5 Å². The Kier molecular flexibility index (Phi) is 6.34. The van der Waals surface area contributed by atoms with Gasteiger partial charge in [0, 0.05) is 30.4 Å². The molecular weight excluding hydrogens is 366 g/mol. The molecule has 3 aromatic rings. The molecule has 0 spiro atoms. The van der Waals surface area contributed by atoms with Gasteiger partial charge >= 0.3 is 6.03 Å². The van der Waals surface area contributed by atoms with Crippen molar-refractivity contribution in [3.8, 4) is 5.75 Å². The van der Waals surface area contributed by atoms with E-state index in [0.29, 0.717) is 24.4 Å². The largest absolute Gasteiger partial charge is 0.493 e. The number of carbonyl (C=O) groups is 2. The Morgan fingerprint density at radius 3 is 2.45 bits per heavy atom. The van der Waals surface area contributed by atoms with E-state index >= 15 is 0 Å². The zero-order valence-electron chi connectivity index (χ0n) is 16.6. The van der Waals surface area contributed by atoms with Crippen molar-refractivity contribution >= 4 is 28.4 Å². The number of ether oxygens (including phenoxy) is 1. The predicted octanol–water partition coefficient (Wildman–Crippen LogP) is 4.39. The fourth-order valence-corrected chi connectivity index (χ4v) is 3.19. The minimum absolute atomic E-state index is 0.120. The van der Waals surface area contributed by atoms with Gasteiger partial charge in [-0.1, -0.05) is 37.3 Å². The number of amides is 3. The van der Waals surface area contributed by atoms with E-state index in [4.69, 9.17) is 10.5 Å². The molecule has 0 unspecified atom stereocenters. The molecule has 0 radical (unpaired) electrons. The van der Waals surface area contributed by atoms with Crippen LogP contribution in [0.2, 0.25) is 0 Å². The summed E-state index contributed by atoms with van der Waals surface area (Å²) in [4.78, 5) is 25.5. The van der Waals surface area contributed by atoms with Crippen LogP contribution in [0, 0.1) is 0 Å². The van der Waals surface area contributed by atoms with Gasteiger partial charge in [-0.25, -0.2) is 4.79 Å². The number of anilines is 1. The third-order valence-electron chi connectivity index (χ3n) is 4.60. The first-order valence-corrected chi connectivity index (χ1v) is 9.55. The van der Waals surface area contributed by atoms with E-state index in [2.05, 4.69) is 18.3 Å². The monoisotopic (exact) mass is 391 g/mol. The minimum Gasteiger partial charge on any atom is -0.493 e. The molecule has 0 saturated heterocycles. The average Bonchev–Trinajstić information content (AvgIpc) is 2.72. The molecule has 3 N–H and O–H groups in total. The van der Waals surface area contributed by atoms with E-state index in [1.165, 1.54) is 0 Å². The van der Waals surface area contributed by atoms with Gasteiger partial charge in [0.1, 0.15) is 5.75 Å². The topological polar surface area (TPSA) is 84.7 Å². The number of nitrogens with one attached hydrogen (secondary N) is 1. The molecule has 6 nitrogen and oxygen atoms in total. The molecule has 0 aliphatic carbocycles. The van der Waals surface area contributed by atoms with E-state index in [9.17, 15) is 9.59 Å². The molecule has 3 amide bonds. The number of carbonyl (C=O) groups excluding carboxylic acids is 2. The van der Waals surface area contributed by atoms with Gasteiger partial charge in [0.2, 0.25) is 0 Å². The SMILES string of the molecule is CCCOc1ccc2ccccc2c1CN(C)C(=O)c1ccc(NC(N)=O)cc1. The van der Waals surface area contributed by atoms with Crippen molar-refractivity contribution in [1.29, 1.82) is 0 Å². The van der Waals surface area contributed by atoms with Crippen molar-refractivity contribution in [1.82, 2.24) is 4.90 Å². The number of primary amides is 1. The quantitative estimate of drug-likeness (QED) is 0.626. The first-order chi connectivity index (χ1) is 14.0. The second kappa shape index (κ2) is 9.10. The molecule has 150 valence electrons. The molecule has 0 fully saturated rings. The first kappa shape index (κ1) is 20.2. The second-order valence-electron chi connectivity index (χ2n) is 6.84. The number of nitrogens with two attached hydrogens (primary N) is 1. The van der Waals surface area contributed by atoms with Crippen LogP contribution in [-0.4, -0.2) is 30.5 Å². The molecule has 3 rings (SSSR count). The van der Waals surface area contributed by atoms with Crippen molar-refractivity contribution in [3.05, 3.63) is 71.8 Å². The van der Waals surface area contributed by atoms with Gasteiger partial charge in [-0.2, -0.15) is 0 Å².